The van der Waals surface area contributed by atoms with E-state index in [4.69, 9.17) is 4.74 Å². The van der Waals surface area contributed by atoms with Crippen LogP contribution in [0.15, 0.2) is 60.8 Å². The van der Waals surface area contributed by atoms with Crippen LogP contribution < -0.4 is 4.74 Å². The summed E-state index contributed by atoms with van der Waals surface area (Å²) >= 11 is 0. The van der Waals surface area contributed by atoms with Crippen LogP contribution in [0.3, 0.4) is 0 Å². The van der Waals surface area contributed by atoms with Crippen molar-refractivity contribution >= 4 is 10.8 Å². The molecule has 0 aliphatic carbocycles. The highest BCUT2D eigenvalue weighted by molar-refractivity contribution is 5.85. The minimum atomic E-state index is -0.575. The zero-order chi connectivity index (χ0) is 14.7. The first-order valence-corrected chi connectivity index (χ1v) is 6.92. The van der Waals surface area contributed by atoms with Crippen molar-refractivity contribution < 1.29 is 9.84 Å². The predicted molar refractivity (Wildman–Crippen MR) is 83.4 cm³/mol. The van der Waals surface area contributed by atoms with Gasteiger partial charge in [0, 0.05) is 18.7 Å². The summed E-state index contributed by atoms with van der Waals surface area (Å²) in [7, 11) is 1.58. The molecule has 1 heterocycles. The SMILES string of the molecule is COc1ccc(C(O)Cc2cccc3ccccc23)cn1. The van der Waals surface area contributed by atoms with Crippen molar-refractivity contribution in [2.45, 2.75) is 12.5 Å². The number of fused-ring (bicyclic) bond motifs is 1. The van der Waals surface area contributed by atoms with E-state index in [9.17, 15) is 5.11 Å². The van der Waals surface area contributed by atoms with Gasteiger partial charge in [0.05, 0.1) is 13.2 Å². The van der Waals surface area contributed by atoms with Gasteiger partial charge >= 0.3 is 0 Å². The van der Waals surface area contributed by atoms with Crippen LogP contribution in [0.4, 0.5) is 0 Å². The quantitative estimate of drug-likeness (QED) is 0.794. The number of benzene rings is 2. The summed E-state index contributed by atoms with van der Waals surface area (Å²) in [5.41, 5.74) is 1.93. The zero-order valence-electron chi connectivity index (χ0n) is 11.9. The highest BCUT2D eigenvalue weighted by Crippen LogP contribution is 2.24. The Kier molecular flexibility index (Phi) is 3.84. The van der Waals surface area contributed by atoms with E-state index in [1.54, 1.807) is 19.4 Å². The Balaban J connectivity index is 1.87. The zero-order valence-corrected chi connectivity index (χ0v) is 11.9. The molecule has 106 valence electrons. The van der Waals surface area contributed by atoms with Gasteiger partial charge in [-0.1, -0.05) is 42.5 Å². The third kappa shape index (κ3) is 2.88. The van der Waals surface area contributed by atoms with Crippen molar-refractivity contribution in [1.82, 2.24) is 4.98 Å². The van der Waals surface area contributed by atoms with Crippen LogP contribution in [0.25, 0.3) is 10.8 Å². The summed E-state index contributed by atoms with van der Waals surface area (Å²) in [4.78, 5) is 4.14. The Labute approximate surface area is 123 Å². The Morgan fingerprint density at radius 2 is 1.86 bits per heavy atom. The molecule has 0 saturated heterocycles. The van der Waals surface area contributed by atoms with Gasteiger partial charge in [0.25, 0.3) is 0 Å². The van der Waals surface area contributed by atoms with Crippen LogP contribution in [0.5, 0.6) is 5.88 Å². The monoisotopic (exact) mass is 279 g/mol. The topological polar surface area (TPSA) is 42.4 Å². The van der Waals surface area contributed by atoms with Crippen LogP contribution in [0.2, 0.25) is 0 Å². The number of pyridine rings is 1. The van der Waals surface area contributed by atoms with Gasteiger partial charge in [0.15, 0.2) is 0 Å². The fourth-order valence-electron chi connectivity index (χ4n) is 2.51. The van der Waals surface area contributed by atoms with Crippen LogP contribution in [-0.2, 0) is 6.42 Å². The van der Waals surface area contributed by atoms with Crippen molar-refractivity contribution in [2.75, 3.05) is 7.11 Å². The molecule has 0 bridgehead atoms. The van der Waals surface area contributed by atoms with Gasteiger partial charge in [-0.25, -0.2) is 4.98 Å². The van der Waals surface area contributed by atoms with E-state index < -0.39 is 6.10 Å². The van der Waals surface area contributed by atoms with E-state index in [1.807, 2.05) is 24.3 Å². The maximum Gasteiger partial charge on any atom is 0.212 e. The lowest BCUT2D eigenvalue weighted by Crippen LogP contribution is -2.03. The average molecular weight is 279 g/mol. The molecule has 1 unspecified atom stereocenters. The Morgan fingerprint density at radius 3 is 2.62 bits per heavy atom. The van der Waals surface area contributed by atoms with Crippen molar-refractivity contribution in [3.8, 4) is 5.88 Å². The second-order valence-electron chi connectivity index (χ2n) is 4.99. The lowest BCUT2D eigenvalue weighted by molar-refractivity contribution is 0.178. The van der Waals surface area contributed by atoms with E-state index in [0.717, 1.165) is 11.1 Å². The van der Waals surface area contributed by atoms with Gasteiger partial charge in [-0.15, -0.1) is 0 Å². The maximum absolute atomic E-state index is 10.4. The summed E-state index contributed by atoms with van der Waals surface area (Å²) in [6.07, 6.45) is 1.65. The molecule has 3 rings (SSSR count). The van der Waals surface area contributed by atoms with Crippen molar-refractivity contribution in [3.63, 3.8) is 0 Å². The van der Waals surface area contributed by atoms with Crippen LogP contribution in [0, 0.1) is 0 Å². The third-order valence-electron chi connectivity index (χ3n) is 3.65. The molecule has 0 fully saturated rings. The summed E-state index contributed by atoms with van der Waals surface area (Å²) in [5, 5.41) is 12.8. The number of rotatable bonds is 4. The molecule has 0 aliphatic rings. The molecule has 3 heteroatoms. The fraction of sp³-hybridized carbons (Fsp3) is 0.167. The molecule has 3 nitrogen and oxygen atoms in total. The number of hydrogen-bond donors (Lipinski definition) is 1. The highest BCUT2D eigenvalue weighted by Gasteiger charge is 2.11. The first-order chi connectivity index (χ1) is 10.3. The summed E-state index contributed by atoms with van der Waals surface area (Å²) < 4.78 is 5.03. The predicted octanol–water partition coefficient (Wildman–Crippen LogP) is 3.52. The van der Waals surface area contributed by atoms with E-state index in [0.29, 0.717) is 12.3 Å². The largest absolute Gasteiger partial charge is 0.481 e. The van der Waals surface area contributed by atoms with Crippen LogP contribution in [0.1, 0.15) is 17.2 Å². The summed E-state index contributed by atoms with van der Waals surface area (Å²) in [5.74, 6) is 0.552. The molecule has 2 aromatic carbocycles. The van der Waals surface area contributed by atoms with Crippen LogP contribution >= 0.6 is 0 Å². The second-order valence-corrected chi connectivity index (χ2v) is 4.99. The molecule has 1 aromatic heterocycles. The van der Waals surface area contributed by atoms with Crippen LogP contribution in [-0.4, -0.2) is 17.2 Å². The van der Waals surface area contributed by atoms with E-state index in [2.05, 4.69) is 29.2 Å². The molecule has 0 aliphatic heterocycles. The normalized spacial score (nSPS) is 12.3. The first-order valence-electron chi connectivity index (χ1n) is 6.92. The van der Waals surface area contributed by atoms with Crippen molar-refractivity contribution in [3.05, 3.63) is 71.9 Å². The van der Waals surface area contributed by atoms with Crippen molar-refractivity contribution in [2.24, 2.45) is 0 Å². The van der Waals surface area contributed by atoms with Gasteiger partial charge in [0.1, 0.15) is 0 Å². The van der Waals surface area contributed by atoms with E-state index in [-0.39, 0.29) is 0 Å². The Bertz CT molecular complexity index is 732. The second kappa shape index (κ2) is 5.94. The molecule has 0 spiro atoms. The number of aliphatic hydroxyl groups excluding tert-OH is 1. The standard InChI is InChI=1S/C18H17NO2/c1-21-18-10-9-15(12-19-18)17(20)11-14-7-4-6-13-5-2-3-8-16(13)14/h2-10,12,17,20H,11H2,1H3. The molecule has 0 radical (unpaired) electrons. The molecule has 0 amide bonds. The number of ether oxygens (including phenoxy) is 1. The minimum absolute atomic E-state index is 0.552. The highest BCUT2D eigenvalue weighted by atomic mass is 16.5. The Hall–Kier alpha value is -2.39. The molecule has 3 aromatic rings. The maximum atomic E-state index is 10.4. The number of nitrogens with zero attached hydrogens (tertiary/aromatic N) is 1. The van der Waals surface area contributed by atoms with Gasteiger partial charge in [-0.2, -0.15) is 0 Å². The molecular formula is C18H17NO2. The molecule has 0 saturated carbocycles. The molecule has 21 heavy (non-hydrogen) atoms. The first kappa shape index (κ1) is 13.6. The van der Waals surface area contributed by atoms with E-state index >= 15 is 0 Å². The number of aliphatic hydroxyl groups is 1. The summed E-state index contributed by atoms with van der Waals surface area (Å²) in [6.45, 7) is 0. The minimum Gasteiger partial charge on any atom is -0.481 e. The third-order valence-corrected chi connectivity index (χ3v) is 3.65. The molecule has 1 N–H and O–H groups in total. The van der Waals surface area contributed by atoms with Crippen molar-refractivity contribution in [1.29, 1.82) is 0 Å². The lowest BCUT2D eigenvalue weighted by atomic mass is 9.97. The lowest BCUT2D eigenvalue weighted by Gasteiger charge is -2.13. The van der Waals surface area contributed by atoms with E-state index in [1.165, 1.54) is 10.8 Å². The fourth-order valence-corrected chi connectivity index (χ4v) is 2.51. The van der Waals surface area contributed by atoms with Gasteiger partial charge in [0.2, 0.25) is 5.88 Å². The average Bonchev–Trinajstić information content (AvgIpc) is 2.55. The van der Waals surface area contributed by atoms with Gasteiger partial charge in [-0.05, 0) is 28.0 Å². The number of hydrogen-bond acceptors (Lipinski definition) is 3. The summed E-state index contributed by atoms with van der Waals surface area (Å²) in [6, 6.07) is 18.0. The Morgan fingerprint density at radius 1 is 1.05 bits per heavy atom. The van der Waals surface area contributed by atoms with Gasteiger partial charge < -0.3 is 9.84 Å². The number of methoxy groups -OCH3 is 1. The smallest absolute Gasteiger partial charge is 0.212 e. The number of aromatic nitrogens is 1. The molecule has 1 atom stereocenters. The van der Waals surface area contributed by atoms with Gasteiger partial charge in [-0.3, -0.25) is 0 Å². The molecular weight excluding hydrogens is 262 g/mol.